The smallest absolute Gasteiger partial charge is 0.273 e. The molecule has 1 aromatic heterocycles. The van der Waals surface area contributed by atoms with Crippen LogP contribution in [-0.4, -0.2) is 28.4 Å². The summed E-state index contributed by atoms with van der Waals surface area (Å²) in [6.07, 6.45) is 1.44. The SMILES string of the molecule is CCNC(=O)c1coc(CN(Cc2ccc(C)cc2C)C(C)C(C)C)n1. The first-order valence-electron chi connectivity index (χ1n) is 9.34. The zero-order valence-corrected chi connectivity index (χ0v) is 16.8. The molecule has 5 nitrogen and oxygen atoms in total. The van der Waals surface area contributed by atoms with Gasteiger partial charge >= 0.3 is 0 Å². The Bertz CT molecular complexity index is 737. The Balaban J connectivity index is 2.18. The van der Waals surface area contributed by atoms with Crippen LogP contribution in [0.25, 0.3) is 0 Å². The quantitative estimate of drug-likeness (QED) is 0.773. The molecule has 0 spiro atoms. The number of benzene rings is 1. The summed E-state index contributed by atoms with van der Waals surface area (Å²) >= 11 is 0. The third-order valence-electron chi connectivity index (χ3n) is 4.87. The number of hydrogen-bond acceptors (Lipinski definition) is 4. The van der Waals surface area contributed by atoms with E-state index in [1.165, 1.54) is 23.0 Å². The number of carbonyl (C=O) groups is 1. The molecule has 1 unspecified atom stereocenters. The van der Waals surface area contributed by atoms with Gasteiger partial charge in [0.1, 0.15) is 6.26 Å². The molecule has 2 aromatic rings. The van der Waals surface area contributed by atoms with Crippen molar-refractivity contribution in [3.05, 3.63) is 52.7 Å². The predicted octanol–water partition coefficient (Wildman–Crippen LogP) is 4.09. The molecular formula is C21H31N3O2. The van der Waals surface area contributed by atoms with Crippen molar-refractivity contribution in [2.75, 3.05) is 6.54 Å². The molecule has 1 N–H and O–H groups in total. The highest BCUT2D eigenvalue weighted by molar-refractivity contribution is 5.91. The molecule has 1 heterocycles. The van der Waals surface area contributed by atoms with Crippen molar-refractivity contribution in [1.82, 2.24) is 15.2 Å². The van der Waals surface area contributed by atoms with Crippen molar-refractivity contribution < 1.29 is 9.21 Å². The molecule has 1 aromatic carbocycles. The van der Waals surface area contributed by atoms with E-state index in [-0.39, 0.29) is 5.91 Å². The van der Waals surface area contributed by atoms with E-state index < -0.39 is 0 Å². The molecule has 142 valence electrons. The van der Waals surface area contributed by atoms with Crippen LogP contribution in [0.3, 0.4) is 0 Å². The van der Waals surface area contributed by atoms with E-state index in [4.69, 9.17) is 4.42 Å². The molecule has 0 aliphatic rings. The molecule has 2 rings (SSSR count). The lowest BCUT2D eigenvalue weighted by molar-refractivity contribution is 0.0950. The van der Waals surface area contributed by atoms with E-state index in [1.807, 2.05) is 6.92 Å². The maximum absolute atomic E-state index is 11.9. The van der Waals surface area contributed by atoms with Crippen LogP contribution in [0.1, 0.15) is 60.8 Å². The predicted molar refractivity (Wildman–Crippen MR) is 104 cm³/mol. The van der Waals surface area contributed by atoms with Gasteiger partial charge in [-0.25, -0.2) is 4.98 Å². The van der Waals surface area contributed by atoms with Crippen molar-refractivity contribution in [1.29, 1.82) is 0 Å². The molecule has 0 saturated heterocycles. The van der Waals surface area contributed by atoms with E-state index in [9.17, 15) is 4.79 Å². The molecule has 0 saturated carbocycles. The van der Waals surface area contributed by atoms with Crippen molar-refractivity contribution >= 4 is 5.91 Å². The summed E-state index contributed by atoms with van der Waals surface area (Å²) < 4.78 is 5.57. The standard InChI is InChI=1S/C21H31N3O2/c1-7-22-21(25)19-13-26-20(23-19)12-24(17(6)14(2)3)11-18-9-8-15(4)10-16(18)5/h8-10,13-14,17H,7,11-12H2,1-6H3,(H,22,25). The number of rotatable bonds is 8. The first kappa shape index (κ1) is 20.2. The van der Waals surface area contributed by atoms with Crippen LogP contribution < -0.4 is 5.32 Å². The lowest BCUT2D eigenvalue weighted by Gasteiger charge is -2.31. The van der Waals surface area contributed by atoms with Crippen molar-refractivity contribution in [3.63, 3.8) is 0 Å². The van der Waals surface area contributed by atoms with Gasteiger partial charge in [0.25, 0.3) is 5.91 Å². The van der Waals surface area contributed by atoms with Crippen LogP contribution in [-0.2, 0) is 13.1 Å². The number of nitrogens with one attached hydrogen (secondary N) is 1. The van der Waals surface area contributed by atoms with Gasteiger partial charge in [0, 0.05) is 19.1 Å². The average molecular weight is 357 g/mol. The summed E-state index contributed by atoms with van der Waals surface area (Å²) in [5.41, 5.74) is 4.21. The Morgan fingerprint density at radius 3 is 2.58 bits per heavy atom. The zero-order chi connectivity index (χ0) is 19.3. The topological polar surface area (TPSA) is 58.4 Å². The molecule has 0 bridgehead atoms. The van der Waals surface area contributed by atoms with E-state index >= 15 is 0 Å². The van der Waals surface area contributed by atoms with Gasteiger partial charge in [0.05, 0.1) is 6.54 Å². The van der Waals surface area contributed by atoms with Gasteiger partial charge in [-0.05, 0) is 44.7 Å². The Morgan fingerprint density at radius 2 is 1.96 bits per heavy atom. The molecule has 26 heavy (non-hydrogen) atoms. The summed E-state index contributed by atoms with van der Waals surface area (Å²) in [6, 6.07) is 6.92. The summed E-state index contributed by atoms with van der Waals surface area (Å²) in [4.78, 5) is 18.6. The Kier molecular flexibility index (Phi) is 6.98. The number of hydrogen-bond donors (Lipinski definition) is 1. The maximum Gasteiger partial charge on any atom is 0.273 e. The van der Waals surface area contributed by atoms with E-state index in [0.29, 0.717) is 36.6 Å². The van der Waals surface area contributed by atoms with Crippen LogP contribution in [0.15, 0.2) is 28.9 Å². The summed E-state index contributed by atoms with van der Waals surface area (Å²) in [5, 5.41) is 2.75. The lowest BCUT2D eigenvalue weighted by atomic mass is 10.0. The molecular weight excluding hydrogens is 326 g/mol. The summed E-state index contributed by atoms with van der Waals surface area (Å²) in [7, 11) is 0. The van der Waals surface area contributed by atoms with Gasteiger partial charge < -0.3 is 9.73 Å². The van der Waals surface area contributed by atoms with E-state index in [1.54, 1.807) is 0 Å². The van der Waals surface area contributed by atoms with Gasteiger partial charge in [-0.1, -0.05) is 37.6 Å². The third-order valence-corrected chi connectivity index (χ3v) is 4.87. The first-order chi connectivity index (χ1) is 12.3. The number of nitrogens with zero attached hydrogens (tertiary/aromatic N) is 2. The van der Waals surface area contributed by atoms with Crippen molar-refractivity contribution in [2.45, 2.75) is 60.7 Å². The number of carbonyl (C=O) groups excluding carboxylic acids is 1. The normalized spacial score (nSPS) is 12.6. The number of amides is 1. The van der Waals surface area contributed by atoms with Crippen LogP contribution in [0.2, 0.25) is 0 Å². The zero-order valence-electron chi connectivity index (χ0n) is 16.8. The summed E-state index contributed by atoms with van der Waals surface area (Å²) in [5.74, 6) is 0.877. The number of oxazole rings is 1. The van der Waals surface area contributed by atoms with E-state index in [0.717, 1.165) is 6.54 Å². The number of aromatic nitrogens is 1. The second kappa shape index (κ2) is 8.99. The fourth-order valence-electron chi connectivity index (χ4n) is 2.92. The fourth-order valence-corrected chi connectivity index (χ4v) is 2.92. The van der Waals surface area contributed by atoms with Crippen LogP contribution in [0.4, 0.5) is 0 Å². The van der Waals surface area contributed by atoms with Gasteiger partial charge in [0.2, 0.25) is 5.89 Å². The highest BCUT2D eigenvalue weighted by Gasteiger charge is 2.21. The molecule has 0 aliphatic heterocycles. The molecule has 1 atom stereocenters. The maximum atomic E-state index is 11.9. The van der Waals surface area contributed by atoms with Gasteiger partial charge in [-0.15, -0.1) is 0 Å². The first-order valence-corrected chi connectivity index (χ1v) is 9.34. The molecule has 5 heteroatoms. The minimum Gasteiger partial charge on any atom is -0.447 e. The Labute approximate surface area is 156 Å². The minimum atomic E-state index is -0.194. The average Bonchev–Trinajstić information content (AvgIpc) is 3.04. The monoisotopic (exact) mass is 357 g/mol. The fraction of sp³-hybridized carbons (Fsp3) is 0.524. The molecule has 0 aliphatic carbocycles. The van der Waals surface area contributed by atoms with Gasteiger partial charge in [-0.3, -0.25) is 9.69 Å². The van der Waals surface area contributed by atoms with Gasteiger partial charge in [0.15, 0.2) is 5.69 Å². The molecule has 0 fully saturated rings. The second-order valence-corrected chi connectivity index (χ2v) is 7.31. The Morgan fingerprint density at radius 1 is 1.23 bits per heavy atom. The lowest BCUT2D eigenvalue weighted by Crippen LogP contribution is -2.36. The van der Waals surface area contributed by atoms with Crippen LogP contribution in [0, 0.1) is 19.8 Å². The highest BCUT2D eigenvalue weighted by atomic mass is 16.3. The van der Waals surface area contributed by atoms with Crippen LogP contribution in [0.5, 0.6) is 0 Å². The van der Waals surface area contributed by atoms with E-state index in [2.05, 4.69) is 68.0 Å². The van der Waals surface area contributed by atoms with Crippen molar-refractivity contribution in [3.8, 4) is 0 Å². The Hall–Kier alpha value is -2.14. The van der Waals surface area contributed by atoms with Crippen molar-refractivity contribution in [2.24, 2.45) is 5.92 Å². The number of aryl methyl sites for hydroxylation is 2. The molecule has 1 amide bonds. The third kappa shape index (κ3) is 5.18. The second-order valence-electron chi connectivity index (χ2n) is 7.31. The molecule has 0 radical (unpaired) electrons. The highest BCUT2D eigenvalue weighted by Crippen LogP contribution is 2.20. The largest absolute Gasteiger partial charge is 0.447 e. The van der Waals surface area contributed by atoms with Crippen LogP contribution >= 0.6 is 0 Å². The summed E-state index contributed by atoms with van der Waals surface area (Å²) in [6.45, 7) is 14.8. The van der Waals surface area contributed by atoms with Gasteiger partial charge in [-0.2, -0.15) is 0 Å². The minimum absolute atomic E-state index is 0.194.